The molecule has 72 valence electrons. The second-order valence-corrected chi connectivity index (χ2v) is 4.08. The molecule has 0 radical (unpaired) electrons. The smallest absolute Gasteiger partial charge is 0.128 e. The van der Waals surface area contributed by atoms with Crippen LogP contribution in [0.1, 0.15) is 0 Å². The van der Waals surface area contributed by atoms with Gasteiger partial charge in [0, 0.05) is 0 Å². The zero-order valence-corrected chi connectivity index (χ0v) is 7.05. The Morgan fingerprint density at radius 3 is 2.00 bits per heavy atom. The third kappa shape index (κ3) is 1.73. The van der Waals surface area contributed by atoms with Crippen molar-refractivity contribution in [2.75, 3.05) is 6.61 Å². The molecule has 5 atom stereocenters. The van der Waals surface area contributed by atoms with Gasteiger partial charge in [-0.1, -0.05) is 0 Å². The first-order valence-electron chi connectivity index (χ1n) is 3.56. The lowest BCUT2D eigenvalue weighted by Gasteiger charge is -2.36. The van der Waals surface area contributed by atoms with Crippen LogP contribution in [0.3, 0.4) is 0 Å². The first-order chi connectivity index (χ1) is 5.57. The SMILES string of the molecule is OCC1S[C@H](O)C(O)[C@H](O)[C@@H]1O. The largest absolute Gasteiger partial charge is 0.395 e. The molecule has 2 unspecified atom stereocenters. The van der Waals surface area contributed by atoms with Crippen LogP contribution in [-0.4, -0.2) is 61.1 Å². The van der Waals surface area contributed by atoms with Gasteiger partial charge in [-0.3, -0.25) is 0 Å². The van der Waals surface area contributed by atoms with Gasteiger partial charge in [-0.2, -0.15) is 0 Å². The van der Waals surface area contributed by atoms with Crippen LogP contribution in [0, 0.1) is 0 Å². The summed E-state index contributed by atoms with van der Waals surface area (Å²) in [5.74, 6) is 0. The van der Waals surface area contributed by atoms with E-state index in [0.29, 0.717) is 0 Å². The van der Waals surface area contributed by atoms with Gasteiger partial charge in [0.15, 0.2) is 0 Å². The molecule has 0 amide bonds. The molecule has 1 aliphatic heterocycles. The van der Waals surface area contributed by atoms with Crippen molar-refractivity contribution < 1.29 is 25.5 Å². The Kier molecular flexibility index (Phi) is 3.33. The lowest BCUT2D eigenvalue weighted by Crippen LogP contribution is -2.53. The molecule has 1 rings (SSSR count). The molecule has 5 N–H and O–H groups in total. The van der Waals surface area contributed by atoms with Crippen molar-refractivity contribution in [3.8, 4) is 0 Å². The van der Waals surface area contributed by atoms with Crippen LogP contribution in [0.25, 0.3) is 0 Å². The van der Waals surface area contributed by atoms with Crippen molar-refractivity contribution in [2.24, 2.45) is 0 Å². The molecule has 0 spiro atoms. The van der Waals surface area contributed by atoms with E-state index in [1.54, 1.807) is 0 Å². The van der Waals surface area contributed by atoms with Gasteiger partial charge in [-0.05, 0) is 0 Å². The fourth-order valence-electron chi connectivity index (χ4n) is 1.08. The fourth-order valence-corrected chi connectivity index (χ4v) is 2.17. The van der Waals surface area contributed by atoms with Crippen molar-refractivity contribution in [1.29, 1.82) is 0 Å². The molecule has 6 heteroatoms. The molecular weight excluding hydrogens is 184 g/mol. The van der Waals surface area contributed by atoms with Gasteiger partial charge in [0.05, 0.1) is 18.0 Å². The van der Waals surface area contributed by atoms with Gasteiger partial charge in [0.1, 0.15) is 17.6 Å². The zero-order chi connectivity index (χ0) is 9.30. The van der Waals surface area contributed by atoms with E-state index in [9.17, 15) is 5.11 Å². The first-order valence-corrected chi connectivity index (χ1v) is 4.50. The third-order valence-electron chi connectivity index (χ3n) is 1.87. The minimum atomic E-state index is -1.39. The van der Waals surface area contributed by atoms with Crippen LogP contribution in [0.2, 0.25) is 0 Å². The molecule has 0 bridgehead atoms. The highest BCUT2D eigenvalue weighted by Crippen LogP contribution is 2.30. The number of aliphatic hydroxyl groups is 5. The monoisotopic (exact) mass is 196 g/mol. The van der Waals surface area contributed by atoms with Crippen molar-refractivity contribution in [2.45, 2.75) is 29.0 Å². The number of hydrogen-bond acceptors (Lipinski definition) is 6. The lowest BCUT2D eigenvalue weighted by atomic mass is 10.0. The lowest BCUT2D eigenvalue weighted by molar-refractivity contribution is -0.0953. The van der Waals surface area contributed by atoms with Crippen molar-refractivity contribution in [3.05, 3.63) is 0 Å². The van der Waals surface area contributed by atoms with E-state index < -0.39 is 29.0 Å². The maximum atomic E-state index is 9.22. The molecule has 1 heterocycles. The molecule has 0 aromatic carbocycles. The second kappa shape index (κ2) is 3.91. The summed E-state index contributed by atoms with van der Waals surface area (Å²) in [7, 11) is 0. The second-order valence-electron chi connectivity index (χ2n) is 2.72. The predicted octanol–water partition coefficient (Wildman–Crippen LogP) is -2.50. The van der Waals surface area contributed by atoms with E-state index in [-0.39, 0.29) is 6.61 Å². The molecule has 12 heavy (non-hydrogen) atoms. The normalized spacial score (nSPS) is 49.2. The van der Waals surface area contributed by atoms with Crippen LogP contribution in [0.15, 0.2) is 0 Å². The van der Waals surface area contributed by atoms with E-state index in [1.807, 2.05) is 0 Å². The summed E-state index contributed by atoms with van der Waals surface area (Å²) in [6.07, 6.45) is -3.94. The summed E-state index contributed by atoms with van der Waals surface area (Å²) in [6, 6.07) is 0. The molecule has 0 aromatic heterocycles. The highest BCUT2D eigenvalue weighted by atomic mass is 32.2. The van der Waals surface area contributed by atoms with Gasteiger partial charge in [0.25, 0.3) is 0 Å². The van der Waals surface area contributed by atoms with Gasteiger partial charge in [0.2, 0.25) is 0 Å². The molecule has 1 aliphatic rings. The number of thioether (sulfide) groups is 1. The van der Waals surface area contributed by atoms with E-state index in [2.05, 4.69) is 0 Å². The van der Waals surface area contributed by atoms with E-state index >= 15 is 0 Å². The predicted molar refractivity (Wildman–Crippen MR) is 42.5 cm³/mol. The Labute approximate surface area is 73.7 Å². The molecule has 0 aliphatic carbocycles. The van der Waals surface area contributed by atoms with Gasteiger partial charge >= 0.3 is 0 Å². The Morgan fingerprint density at radius 1 is 0.917 bits per heavy atom. The summed E-state index contributed by atoms with van der Waals surface area (Å²) < 4.78 is 0. The Balaban J connectivity index is 2.63. The van der Waals surface area contributed by atoms with Gasteiger partial charge < -0.3 is 25.5 Å². The molecule has 5 nitrogen and oxygen atoms in total. The highest BCUT2D eigenvalue weighted by molar-refractivity contribution is 8.00. The standard InChI is InChI=1S/C6H12O5S/c7-1-2-3(8)4(9)5(10)6(11)12-2/h2-11H,1H2/t2?,3-,4-,5?,6+/m1/s1. The molecule has 1 fully saturated rings. The molecular formula is C6H12O5S. The third-order valence-corrected chi connectivity index (χ3v) is 3.20. The summed E-state index contributed by atoms with van der Waals surface area (Å²) in [4.78, 5) is 0. The first kappa shape index (κ1) is 10.2. The summed E-state index contributed by atoms with van der Waals surface area (Å²) >= 11 is 0.852. The van der Waals surface area contributed by atoms with E-state index in [4.69, 9.17) is 20.4 Å². The highest BCUT2D eigenvalue weighted by Gasteiger charge is 2.42. The van der Waals surface area contributed by atoms with Crippen molar-refractivity contribution >= 4 is 11.8 Å². The van der Waals surface area contributed by atoms with Gasteiger partial charge in [-0.25, -0.2) is 0 Å². The minimum absolute atomic E-state index is 0.341. The van der Waals surface area contributed by atoms with Crippen LogP contribution in [0.4, 0.5) is 0 Å². The maximum Gasteiger partial charge on any atom is 0.128 e. The van der Waals surface area contributed by atoms with E-state index in [0.717, 1.165) is 11.8 Å². The summed E-state index contributed by atoms with van der Waals surface area (Å²) in [5.41, 5.74) is -1.15. The topological polar surface area (TPSA) is 101 Å². The van der Waals surface area contributed by atoms with Crippen molar-refractivity contribution in [3.63, 3.8) is 0 Å². The number of rotatable bonds is 1. The van der Waals surface area contributed by atoms with Crippen LogP contribution < -0.4 is 0 Å². The van der Waals surface area contributed by atoms with Crippen LogP contribution in [0.5, 0.6) is 0 Å². The Bertz CT molecular complexity index is 150. The molecule has 1 saturated heterocycles. The minimum Gasteiger partial charge on any atom is -0.395 e. The summed E-state index contributed by atoms with van der Waals surface area (Å²) in [5, 5.41) is 44.6. The quantitative estimate of drug-likeness (QED) is 0.318. The zero-order valence-electron chi connectivity index (χ0n) is 6.24. The average molecular weight is 196 g/mol. The maximum absolute atomic E-state index is 9.22. The van der Waals surface area contributed by atoms with E-state index in [1.165, 1.54) is 0 Å². The summed E-state index contributed by atoms with van der Waals surface area (Å²) in [6.45, 7) is -0.341. The fraction of sp³-hybridized carbons (Fsp3) is 1.00. The molecule has 0 saturated carbocycles. The number of aliphatic hydroxyl groups excluding tert-OH is 5. The van der Waals surface area contributed by atoms with Gasteiger partial charge in [-0.15, -0.1) is 11.8 Å². The molecule has 0 aromatic rings. The Hall–Kier alpha value is 0.150. The average Bonchev–Trinajstić information content (AvgIpc) is 2.08. The Morgan fingerprint density at radius 2 is 1.50 bits per heavy atom. The van der Waals surface area contributed by atoms with Crippen LogP contribution >= 0.6 is 11.8 Å². The van der Waals surface area contributed by atoms with Crippen LogP contribution in [-0.2, 0) is 0 Å². The van der Waals surface area contributed by atoms with Crippen molar-refractivity contribution in [1.82, 2.24) is 0 Å². The number of hydrogen-bond donors (Lipinski definition) is 5.